The first-order valence-corrected chi connectivity index (χ1v) is 7.18. The summed E-state index contributed by atoms with van der Waals surface area (Å²) in [7, 11) is -3.82. The van der Waals surface area contributed by atoms with Gasteiger partial charge in [-0.15, -0.1) is 0 Å². The predicted octanol–water partition coefficient (Wildman–Crippen LogP) is 2.28. The van der Waals surface area contributed by atoms with Crippen LogP contribution in [0, 0.1) is 0 Å². The molecule has 1 rings (SSSR count). The molecule has 0 aliphatic heterocycles. The fourth-order valence-corrected chi connectivity index (χ4v) is 2.48. The van der Waals surface area contributed by atoms with Gasteiger partial charge in [-0.1, -0.05) is 0 Å². The first-order chi connectivity index (χ1) is 9.29. The molecule has 0 fully saturated rings. The van der Waals surface area contributed by atoms with Gasteiger partial charge in [-0.2, -0.15) is 31.4 Å². The van der Waals surface area contributed by atoms with Gasteiger partial charge in [-0.3, -0.25) is 4.68 Å². The molecule has 0 spiro atoms. The lowest BCUT2D eigenvalue weighted by atomic mass is 10.3. The highest BCUT2D eigenvalue weighted by atomic mass is 32.2. The fraction of sp³-hybridized carbons (Fsp3) is 0.700. The molecule has 0 amide bonds. The molecular formula is C10H14F5N3O2S. The molecule has 0 unspecified atom stereocenters. The van der Waals surface area contributed by atoms with Gasteiger partial charge in [0.1, 0.15) is 4.90 Å². The molecule has 1 heterocycles. The molecule has 11 heteroatoms. The minimum atomic E-state index is -5.82. The highest BCUT2D eigenvalue weighted by Crippen LogP contribution is 2.36. The first-order valence-electron chi connectivity index (χ1n) is 5.74. The van der Waals surface area contributed by atoms with Crippen LogP contribution in [0.3, 0.4) is 0 Å². The van der Waals surface area contributed by atoms with Crippen molar-refractivity contribution in [1.29, 1.82) is 0 Å². The Morgan fingerprint density at radius 2 is 1.81 bits per heavy atom. The van der Waals surface area contributed by atoms with Crippen molar-refractivity contribution < 1.29 is 30.4 Å². The van der Waals surface area contributed by atoms with Crippen LogP contribution in [0.2, 0.25) is 0 Å². The molecule has 21 heavy (non-hydrogen) atoms. The normalized spacial score (nSPS) is 14.2. The summed E-state index contributed by atoms with van der Waals surface area (Å²) >= 11 is 0. The molecule has 1 aromatic heterocycles. The van der Waals surface area contributed by atoms with Crippen molar-refractivity contribution in [3.8, 4) is 0 Å². The Morgan fingerprint density at radius 1 is 1.29 bits per heavy atom. The van der Waals surface area contributed by atoms with E-state index in [1.165, 1.54) is 4.68 Å². The molecule has 1 aromatic rings. The molecule has 122 valence electrons. The number of halogens is 5. The van der Waals surface area contributed by atoms with E-state index in [0.717, 1.165) is 12.4 Å². The number of hydrogen-bond donors (Lipinski definition) is 0. The first kappa shape index (κ1) is 17.8. The number of rotatable bonds is 5. The van der Waals surface area contributed by atoms with E-state index in [0.29, 0.717) is 7.05 Å². The van der Waals surface area contributed by atoms with Crippen LogP contribution >= 0.6 is 0 Å². The summed E-state index contributed by atoms with van der Waals surface area (Å²) in [5, 5.41) is 3.71. The van der Waals surface area contributed by atoms with E-state index >= 15 is 0 Å². The van der Waals surface area contributed by atoms with Gasteiger partial charge in [-0.05, 0) is 13.8 Å². The third-order valence-electron chi connectivity index (χ3n) is 2.65. The number of nitrogens with zero attached hydrogens (tertiary/aromatic N) is 3. The Bertz CT molecular complexity index is 594. The zero-order valence-electron chi connectivity index (χ0n) is 11.4. The Hall–Kier alpha value is -1.23. The van der Waals surface area contributed by atoms with Crippen LogP contribution in [-0.4, -0.2) is 48.2 Å². The maximum Gasteiger partial charge on any atom is 0.454 e. The zero-order chi connectivity index (χ0) is 16.6. The van der Waals surface area contributed by atoms with Crippen LogP contribution in [0.25, 0.3) is 0 Å². The van der Waals surface area contributed by atoms with E-state index in [2.05, 4.69) is 5.10 Å². The summed E-state index contributed by atoms with van der Waals surface area (Å²) in [5.74, 6) is -5.14. The third-order valence-corrected chi connectivity index (χ3v) is 4.41. The zero-order valence-corrected chi connectivity index (χ0v) is 12.2. The van der Waals surface area contributed by atoms with Gasteiger partial charge in [0, 0.05) is 19.3 Å². The highest BCUT2D eigenvalue weighted by molar-refractivity contribution is 7.89. The molecule has 5 nitrogen and oxygen atoms in total. The summed E-state index contributed by atoms with van der Waals surface area (Å²) < 4.78 is 87.2. The van der Waals surface area contributed by atoms with E-state index in [-0.39, 0.29) is 10.3 Å². The Kier molecular flexibility index (Phi) is 4.68. The van der Waals surface area contributed by atoms with Gasteiger partial charge in [0.05, 0.1) is 12.7 Å². The van der Waals surface area contributed by atoms with E-state index in [1.54, 1.807) is 13.8 Å². The highest BCUT2D eigenvalue weighted by Gasteiger charge is 2.58. The van der Waals surface area contributed by atoms with Gasteiger partial charge in [0.2, 0.25) is 10.0 Å². The topological polar surface area (TPSA) is 55.2 Å². The van der Waals surface area contributed by atoms with Crippen LogP contribution in [0.15, 0.2) is 17.3 Å². The quantitative estimate of drug-likeness (QED) is 0.776. The van der Waals surface area contributed by atoms with Gasteiger partial charge >= 0.3 is 12.1 Å². The van der Waals surface area contributed by atoms with Crippen LogP contribution < -0.4 is 0 Å². The SMILES string of the molecule is CC(C)n1cc(S(=O)(=O)N(C)CC(F)(F)C(F)(F)F)cn1. The predicted molar refractivity (Wildman–Crippen MR) is 63.4 cm³/mol. The molecule has 0 aliphatic rings. The molecule has 0 aliphatic carbocycles. The van der Waals surface area contributed by atoms with Gasteiger partial charge < -0.3 is 0 Å². The largest absolute Gasteiger partial charge is 0.454 e. The number of hydrogen-bond acceptors (Lipinski definition) is 3. The van der Waals surface area contributed by atoms with Crippen molar-refractivity contribution in [1.82, 2.24) is 14.1 Å². The molecule has 0 aromatic carbocycles. The molecule has 0 bridgehead atoms. The molecule has 0 saturated carbocycles. The van der Waals surface area contributed by atoms with Gasteiger partial charge in [0.15, 0.2) is 0 Å². The van der Waals surface area contributed by atoms with Crippen LogP contribution in [0.1, 0.15) is 19.9 Å². The van der Waals surface area contributed by atoms with Crippen molar-refractivity contribution in [2.75, 3.05) is 13.6 Å². The monoisotopic (exact) mass is 335 g/mol. The Balaban J connectivity index is 3.02. The fourth-order valence-electron chi connectivity index (χ4n) is 1.37. The molecule has 0 radical (unpaired) electrons. The minimum absolute atomic E-state index is 0.0395. The van der Waals surface area contributed by atoms with Crippen molar-refractivity contribution in [2.45, 2.75) is 36.9 Å². The molecule has 0 atom stereocenters. The van der Waals surface area contributed by atoms with Gasteiger partial charge in [0.25, 0.3) is 0 Å². The average Bonchev–Trinajstić information content (AvgIpc) is 2.76. The second kappa shape index (κ2) is 5.52. The average molecular weight is 335 g/mol. The number of aromatic nitrogens is 2. The third kappa shape index (κ3) is 3.70. The standard InChI is InChI=1S/C10H14F5N3O2S/c1-7(2)18-5-8(4-16-18)21(19,20)17(3)6-9(11,12)10(13,14)15/h4-5,7H,6H2,1-3H3. The lowest BCUT2D eigenvalue weighted by molar-refractivity contribution is -0.282. The number of sulfonamides is 1. The smallest absolute Gasteiger partial charge is 0.269 e. The van der Waals surface area contributed by atoms with Gasteiger partial charge in [-0.25, -0.2) is 8.42 Å². The van der Waals surface area contributed by atoms with E-state index in [9.17, 15) is 30.4 Å². The van der Waals surface area contributed by atoms with Crippen molar-refractivity contribution >= 4 is 10.0 Å². The summed E-state index contributed by atoms with van der Waals surface area (Å²) in [5.41, 5.74) is 0. The summed E-state index contributed by atoms with van der Waals surface area (Å²) in [6.07, 6.45) is -3.85. The molecule has 0 saturated heterocycles. The van der Waals surface area contributed by atoms with Crippen molar-refractivity contribution in [3.63, 3.8) is 0 Å². The van der Waals surface area contributed by atoms with Crippen LogP contribution in [-0.2, 0) is 10.0 Å². The lowest BCUT2D eigenvalue weighted by Crippen LogP contribution is -2.47. The second-order valence-electron chi connectivity index (χ2n) is 4.71. The number of alkyl halides is 5. The molecule has 0 N–H and O–H groups in total. The van der Waals surface area contributed by atoms with E-state index in [4.69, 9.17) is 0 Å². The summed E-state index contributed by atoms with van der Waals surface area (Å²) in [6, 6.07) is -0.184. The maximum absolute atomic E-state index is 12.9. The minimum Gasteiger partial charge on any atom is -0.269 e. The summed E-state index contributed by atoms with van der Waals surface area (Å²) in [4.78, 5) is -0.448. The van der Waals surface area contributed by atoms with Crippen LogP contribution in [0.5, 0.6) is 0 Å². The summed E-state index contributed by atoms with van der Waals surface area (Å²) in [6.45, 7) is 1.40. The van der Waals surface area contributed by atoms with E-state index in [1.807, 2.05) is 0 Å². The van der Waals surface area contributed by atoms with E-state index < -0.39 is 33.6 Å². The van der Waals surface area contributed by atoms with Crippen LogP contribution in [0.4, 0.5) is 22.0 Å². The van der Waals surface area contributed by atoms with Crippen molar-refractivity contribution in [2.24, 2.45) is 0 Å². The molecular weight excluding hydrogens is 321 g/mol. The second-order valence-corrected chi connectivity index (χ2v) is 6.76. The Labute approximate surface area is 118 Å². The maximum atomic E-state index is 12.9. The lowest BCUT2D eigenvalue weighted by Gasteiger charge is -2.24. The van der Waals surface area contributed by atoms with Crippen molar-refractivity contribution in [3.05, 3.63) is 12.4 Å². The Morgan fingerprint density at radius 3 is 2.19 bits per heavy atom.